The number of nitrogen functional groups attached to an aromatic ring is 1. The average molecular weight is 234 g/mol. The molecule has 2 N–H and O–H groups in total. The third-order valence-corrected chi connectivity index (χ3v) is 2.70. The van der Waals surface area contributed by atoms with E-state index in [0.29, 0.717) is 11.8 Å². The summed E-state index contributed by atoms with van der Waals surface area (Å²) in [6, 6.07) is 8.17. The Labute approximate surface area is 106 Å². The van der Waals surface area contributed by atoms with E-state index in [2.05, 4.69) is 44.7 Å². The Morgan fingerprint density at radius 1 is 1.00 bits per heavy atom. The molecule has 1 rings (SSSR count). The lowest BCUT2D eigenvalue weighted by molar-refractivity contribution is 0.212. The smallest absolute Gasteiger partial charge is 0.0359 e. The summed E-state index contributed by atoms with van der Waals surface area (Å²) in [5.74, 6) is 1.39. The first-order chi connectivity index (χ1) is 7.99. The van der Waals surface area contributed by atoms with Gasteiger partial charge in [0.1, 0.15) is 0 Å². The van der Waals surface area contributed by atoms with Gasteiger partial charge in [-0.1, -0.05) is 45.9 Å². The Bertz CT molecular complexity index is 321. The van der Waals surface area contributed by atoms with Crippen molar-refractivity contribution >= 4 is 5.69 Å². The molecule has 0 bridgehead atoms. The van der Waals surface area contributed by atoms with Gasteiger partial charge in [-0.25, -0.2) is 0 Å². The fraction of sp³-hybridized carbons (Fsp3) is 0.600. The maximum atomic E-state index is 6.00. The molecule has 0 aliphatic heterocycles. The maximum absolute atomic E-state index is 6.00. The van der Waals surface area contributed by atoms with E-state index in [1.54, 1.807) is 0 Å². The Balaban J connectivity index is 2.68. The van der Waals surface area contributed by atoms with Crippen LogP contribution in [0, 0.1) is 11.8 Å². The van der Waals surface area contributed by atoms with E-state index < -0.39 is 0 Å². The molecule has 1 aromatic rings. The summed E-state index contributed by atoms with van der Waals surface area (Å²) in [6.45, 7) is 12.3. The number of nitrogens with zero attached hydrogens (tertiary/aromatic N) is 1. The number of para-hydroxylation sites is 1. The maximum Gasteiger partial charge on any atom is 0.0359 e. The number of nitrogens with two attached hydrogens (primary N) is 1. The van der Waals surface area contributed by atoms with Crippen molar-refractivity contribution in [3.63, 3.8) is 0 Å². The lowest BCUT2D eigenvalue weighted by atomic mass is 10.1. The average Bonchev–Trinajstić information content (AvgIpc) is 2.19. The van der Waals surface area contributed by atoms with Gasteiger partial charge < -0.3 is 5.73 Å². The monoisotopic (exact) mass is 234 g/mol. The highest BCUT2D eigenvalue weighted by Crippen LogP contribution is 2.15. The summed E-state index contributed by atoms with van der Waals surface area (Å²) in [7, 11) is 0. The lowest BCUT2D eigenvalue weighted by Gasteiger charge is -2.26. The Kier molecular flexibility index (Phi) is 5.49. The normalized spacial score (nSPS) is 11.7. The molecule has 0 saturated carbocycles. The van der Waals surface area contributed by atoms with Crippen LogP contribution < -0.4 is 5.73 Å². The summed E-state index contributed by atoms with van der Waals surface area (Å²) < 4.78 is 0. The van der Waals surface area contributed by atoms with Crippen LogP contribution in [0.15, 0.2) is 24.3 Å². The largest absolute Gasteiger partial charge is 0.398 e. The van der Waals surface area contributed by atoms with Crippen molar-refractivity contribution < 1.29 is 0 Å². The number of rotatable bonds is 6. The summed E-state index contributed by atoms with van der Waals surface area (Å²) >= 11 is 0. The molecule has 0 aliphatic carbocycles. The first-order valence-electron chi connectivity index (χ1n) is 6.54. The van der Waals surface area contributed by atoms with Crippen LogP contribution in [0.2, 0.25) is 0 Å². The van der Waals surface area contributed by atoms with Crippen LogP contribution in [0.3, 0.4) is 0 Å². The van der Waals surface area contributed by atoms with Crippen LogP contribution in [-0.2, 0) is 6.54 Å². The van der Waals surface area contributed by atoms with Crippen LogP contribution >= 0.6 is 0 Å². The summed E-state index contributed by atoms with van der Waals surface area (Å²) in [5.41, 5.74) is 8.16. The second-order valence-electron chi connectivity index (χ2n) is 5.68. The molecular weight excluding hydrogens is 208 g/mol. The standard InChI is InChI=1S/C15H26N2/c1-12(2)9-17(10-13(3)4)11-14-7-5-6-8-15(14)16/h5-8,12-13H,9-11,16H2,1-4H3. The van der Waals surface area contributed by atoms with Gasteiger partial charge in [-0.2, -0.15) is 0 Å². The van der Waals surface area contributed by atoms with E-state index in [4.69, 9.17) is 5.73 Å². The van der Waals surface area contributed by atoms with Crippen molar-refractivity contribution in [3.8, 4) is 0 Å². The minimum atomic E-state index is 0.693. The molecule has 0 aliphatic rings. The van der Waals surface area contributed by atoms with Gasteiger partial charge in [-0.15, -0.1) is 0 Å². The highest BCUT2D eigenvalue weighted by molar-refractivity contribution is 5.46. The van der Waals surface area contributed by atoms with Crippen LogP contribution in [-0.4, -0.2) is 18.0 Å². The second-order valence-corrected chi connectivity index (χ2v) is 5.68. The highest BCUT2D eigenvalue weighted by atomic mass is 15.1. The van der Waals surface area contributed by atoms with Gasteiger partial charge in [0.15, 0.2) is 0 Å². The van der Waals surface area contributed by atoms with Crippen LogP contribution in [0.4, 0.5) is 5.69 Å². The van der Waals surface area contributed by atoms with Crippen LogP contribution in [0.5, 0.6) is 0 Å². The van der Waals surface area contributed by atoms with Crippen LogP contribution in [0.1, 0.15) is 33.3 Å². The van der Waals surface area contributed by atoms with Crippen molar-refractivity contribution in [3.05, 3.63) is 29.8 Å². The summed E-state index contributed by atoms with van der Waals surface area (Å²) in [5, 5.41) is 0. The fourth-order valence-electron chi connectivity index (χ4n) is 2.16. The topological polar surface area (TPSA) is 29.3 Å². The molecule has 0 atom stereocenters. The first kappa shape index (κ1) is 14.0. The quantitative estimate of drug-likeness (QED) is 0.765. The Hall–Kier alpha value is -1.02. The van der Waals surface area contributed by atoms with Gasteiger partial charge in [-0.05, 0) is 23.5 Å². The lowest BCUT2D eigenvalue weighted by Crippen LogP contribution is -2.31. The van der Waals surface area contributed by atoms with E-state index in [1.165, 1.54) is 5.56 Å². The predicted octanol–water partition coefficient (Wildman–Crippen LogP) is 3.38. The molecule has 0 heterocycles. The zero-order valence-electron chi connectivity index (χ0n) is 11.6. The predicted molar refractivity (Wildman–Crippen MR) is 75.8 cm³/mol. The van der Waals surface area contributed by atoms with Crippen LogP contribution in [0.25, 0.3) is 0 Å². The molecule has 0 amide bonds. The van der Waals surface area contributed by atoms with Crippen molar-refractivity contribution in [1.82, 2.24) is 4.90 Å². The molecule has 0 spiro atoms. The number of benzene rings is 1. The highest BCUT2D eigenvalue weighted by Gasteiger charge is 2.11. The molecule has 0 fully saturated rings. The Morgan fingerprint density at radius 2 is 1.53 bits per heavy atom. The SMILES string of the molecule is CC(C)CN(Cc1ccccc1N)CC(C)C. The molecule has 1 aromatic carbocycles. The van der Waals surface area contributed by atoms with Gasteiger partial charge in [0.25, 0.3) is 0 Å². The molecule has 0 radical (unpaired) electrons. The van der Waals surface area contributed by atoms with Gasteiger partial charge in [0.05, 0.1) is 0 Å². The van der Waals surface area contributed by atoms with E-state index >= 15 is 0 Å². The van der Waals surface area contributed by atoms with Gasteiger partial charge in [0.2, 0.25) is 0 Å². The molecule has 0 saturated heterocycles. The van der Waals surface area contributed by atoms with E-state index in [-0.39, 0.29) is 0 Å². The molecule has 2 heteroatoms. The first-order valence-corrected chi connectivity index (χ1v) is 6.54. The number of anilines is 1. The minimum absolute atomic E-state index is 0.693. The second kappa shape index (κ2) is 6.65. The molecule has 0 unspecified atom stereocenters. The summed E-state index contributed by atoms with van der Waals surface area (Å²) in [6.07, 6.45) is 0. The molecule has 0 aromatic heterocycles. The Morgan fingerprint density at radius 3 is 2.00 bits per heavy atom. The zero-order valence-corrected chi connectivity index (χ0v) is 11.6. The third kappa shape index (κ3) is 5.22. The third-order valence-electron chi connectivity index (χ3n) is 2.70. The van der Waals surface area contributed by atoms with Crippen molar-refractivity contribution in [2.45, 2.75) is 34.2 Å². The molecule has 17 heavy (non-hydrogen) atoms. The van der Waals surface area contributed by atoms with Crippen molar-refractivity contribution in [2.75, 3.05) is 18.8 Å². The molecular formula is C15H26N2. The molecule has 96 valence electrons. The van der Waals surface area contributed by atoms with E-state index in [9.17, 15) is 0 Å². The summed E-state index contributed by atoms with van der Waals surface area (Å²) in [4.78, 5) is 2.50. The molecule has 2 nitrogen and oxygen atoms in total. The minimum Gasteiger partial charge on any atom is -0.398 e. The van der Waals surface area contributed by atoms with Gasteiger partial charge >= 0.3 is 0 Å². The van der Waals surface area contributed by atoms with Crippen molar-refractivity contribution in [2.24, 2.45) is 11.8 Å². The number of hydrogen-bond donors (Lipinski definition) is 1. The van der Waals surface area contributed by atoms with Crippen molar-refractivity contribution in [1.29, 1.82) is 0 Å². The number of hydrogen-bond acceptors (Lipinski definition) is 2. The zero-order chi connectivity index (χ0) is 12.8. The van der Waals surface area contributed by atoms with Gasteiger partial charge in [-0.3, -0.25) is 4.90 Å². The van der Waals surface area contributed by atoms with E-state index in [1.807, 2.05) is 12.1 Å². The van der Waals surface area contributed by atoms with Gasteiger partial charge in [0, 0.05) is 25.3 Å². The van der Waals surface area contributed by atoms with E-state index in [0.717, 1.165) is 25.3 Å². The fourth-order valence-corrected chi connectivity index (χ4v) is 2.16.